The highest BCUT2D eigenvalue weighted by Gasteiger charge is 2.28. The van der Waals surface area contributed by atoms with Crippen LogP contribution in [-0.2, 0) is 0 Å². The summed E-state index contributed by atoms with van der Waals surface area (Å²) >= 11 is 0. The smallest absolute Gasteiger partial charge is 0.193 e. The first-order valence-corrected chi connectivity index (χ1v) is 6.82. The molecule has 0 aromatic heterocycles. The summed E-state index contributed by atoms with van der Waals surface area (Å²) in [5, 5.41) is 3.11. The van der Waals surface area contributed by atoms with Crippen molar-refractivity contribution < 1.29 is 4.74 Å². The average molecular weight is 389 g/mol. The molecule has 20 heavy (non-hydrogen) atoms. The first-order chi connectivity index (χ1) is 9.11. The van der Waals surface area contributed by atoms with Gasteiger partial charge in [-0.2, -0.15) is 0 Å². The molecule has 0 amide bonds. The molecule has 4 nitrogen and oxygen atoms in total. The van der Waals surface area contributed by atoms with Gasteiger partial charge < -0.3 is 15.8 Å². The number of hydrogen-bond acceptors (Lipinski definition) is 2. The van der Waals surface area contributed by atoms with Gasteiger partial charge in [-0.3, -0.25) is 4.99 Å². The summed E-state index contributed by atoms with van der Waals surface area (Å²) in [6.45, 7) is 3.10. The maximum atomic E-state index is 5.93. The second kappa shape index (κ2) is 7.71. The van der Waals surface area contributed by atoms with Crippen LogP contribution in [0.15, 0.2) is 29.3 Å². The summed E-state index contributed by atoms with van der Waals surface area (Å²) in [6, 6.07) is 7.67. The minimum atomic E-state index is 0. The fourth-order valence-corrected chi connectivity index (χ4v) is 2.55. The van der Waals surface area contributed by atoms with Gasteiger partial charge in [0.05, 0.1) is 7.11 Å². The number of guanidine groups is 1. The van der Waals surface area contributed by atoms with E-state index in [1.54, 1.807) is 7.11 Å². The van der Waals surface area contributed by atoms with E-state index in [0.717, 1.165) is 18.0 Å². The standard InChI is InChI=1S/C15H23N3O.HI/c1-15(8-3-4-9-15)11-17-14(16)18-12-6-5-7-13(10-12)19-2;/h5-7,10H,3-4,8-9,11H2,1-2H3,(H3,16,17,18);1H. The number of nitrogens with two attached hydrogens (primary N) is 1. The molecule has 1 fully saturated rings. The van der Waals surface area contributed by atoms with E-state index in [2.05, 4.69) is 17.2 Å². The minimum absolute atomic E-state index is 0. The van der Waals surface area contributed by atoms with Crippen LogP contribution in [0.3, 0.4) is 0 Å². The molecule has 0 aliphatic heterocycles. The lowest BCUT2D eigenvalue weighted by Crippen LogP contribution is -2.25. The Labute approximate surface area is 138 Å². The van der Waals surface area contributed by atoms with E-state index in [-0.39, 0.29) is 24.0 Å². The minimum Gasteiger partial charge on any atom is -0.497 e. The van der Waals surface area contributed by atoms with Gasteiger partial charge in [-0.15, -0.1) is 24.0 Å². The molecule has 0 spiro atoms. The van der Waals surface area contributed by atoms with E-state index >= 15 is 0 Å². The maximum absolute atomic E-state index is 5.93. The van der Waals surface area contributed by atoms with Gasteiger partial charge in [0.25, 0.3) is 0 Å². The first-order valence-electron chi connectivity index (χ1n) is 6.82. The Morgan fingerprint density at radius 3 is 2.75 bits per heavy atom. The van der Waals surface area contributed by atoms with Gasteiger partial charge in [-0.05, 0) is 30.4 Å². The fraction of sp³-hybridized carbons (Fsp3) is 0.533. The Kier molecular flexibility index (Phi) is 6.58. The first kappa shape index (κ1) is 17.1. The zero-order valence-corrected chi connectivity index (χ0v) is 14.5. The average Bonchev–Trinajstić information content (AvgIpc) is 2.84. The number of ether oxygens (including phenoxy) is 1. The number of hydrogen-bond donors (Lipinski definition) is 2. The van der Waals surface area contributed by atoms with Crippen LogP contribution in [0.25, 0.3) is 0 Å². The maximum Gasteiger partial charge on any atom is 0.193 e. The molecule has 0 heterocycles. The Morgan fingerprint density at radius 2 is 2.10 bits per heavy atom. The Bertz CT molecular complexity index is 456. The van der Waals surface area contributed by atoms with Crippen molar-refractivity contribution in [2.45, 2.75) is 32.6 Å². The highest BCUT2D eigenvalue weighted by atomic mass is 127. The van der Waals surface area contributed by atoms with Crippen molar-refractivity contribution in [1.29, 1.82) is 0 Å². The molecule has 2 rings (SSSR count). The topological polar surface area (TPSA) is 59.6 Å². The van der Waals surface area contributed by atoms with Crippen molar-refractivity contribution in [2.24, 2.45) is 16.1 Å². The summed E-state index contributed by atoms with van der Waals surface area (Å²) in [6.07, 6.45) is 5.14. The number of anilines is 1. The summed E-state index contributed by atoms with van der Waals surface area (Å²) in [4.78, 5) is 4.47. The molecule has 1 aromatic rings. The van der Waals surface area contributed by atoms with E-state index in [1.807, 2.05) is 24.3 Å². The number of benzene rings is 1. The molecule has 0 unspecified atom stereocenters. The summed E-state index contributed by atoms with van der Waals surface area (Å²) in [5.41, 5.74) is 7.17. The normalized spacial score (nSPS) is 17.4. The SMILES string of the molecule is COc1cccc(NC(N)=NCC2(C)CCCC2)c1.I. The van der Waals surface area contributed by atoms with Crippen LogP contribution in [0.5, 0.6) is 5.75 Å². The van der Waals surface area contributed by atoms with Crippen LogP contribution >= 0.6 is 24.0 Å². The van der Waals surface area contributed by atoms with Gasteiger partial charge in [0.1, 0.15) is 5.75 Å². The zero-order valence-electron chi connectivity index (χ0n) is 12.2. The predicted octanol–water partition coefficient (Wildman–Crippen LogP) is 3.62. The Hall–Kier alpha value is -0.980. The number of nitrogens with one attached hydrogen (secondary N) is 1. The van der Waals surface area contributed by atoms with Gasteiger partial charge in [-0.25, -0.2) is 0 Å². The summed E-state index contributed by atoms with van der Waals surface area (Å²) < 4.78 is 5.17. The molecule has 1 aliphatic carbocycles. The summed E-state index contributed by atoms with van der Waals surface area (Å²) in [5.74, 6) is 1.28. The number of rotatable bonds is 4. The highest BCUT2D eigenvalue weighted by molar-refractivity contribution is 14.0. The number of methoxy groups -OCH3 is 1. The van der Waals surface area contributed by atoms with E-state index in [4.69, 9.17) is 10.5 Å². The predicted molar refractivity (Wildman–Crippen MR) is 95.1 cm³/mol. The Balaban J connectivity index is 0.00000200. The lowest BCUT2D eigenvalue weighted by atomic mass is 9.89. The molecule has 112 valence electrons. The van der Waals surface area contributed by atoms with Gasteiger partial charge in [0.2, 0.25) is 0 Å². The van der Waals surface area contributed by atoms with Crippen molar-refractivity contribution in [1.82, 2.24) is 0 Å². The van der Waals surface area contributed by atoms with Crippen molar-refractivity contribution in [3.8, 4) is 5.75 Å². The van der Waals surface area contributed by atoms with E-state index in [0.29, 0.717) is 11.4 Å². The molecule has 0 radical (unpaired) electrons. The van der Waals surface area contributed by atoms with Crippen LogP contribution in [0.2, 0.25) is 0 Å². The Morgan fingerprint density at radius 1 is 1.40 bits per heavy atom. The summed E-state index contributed by atoms with van der Waals surface area (Å²) in [7, 11) is 1.65. The lowest BCUT2D eigenvalue weighted by Gasteiger charge is -2.20. The van der Waals surface area contributed by atoms with Gasteiger partial charge >= 0.3 is 0 Å². The third-order valence-electron chi connectivity index (χ3n) is 3.78. The van der Waals surface area contributed by atoms with E-state index < -0.39 is 0 Å². The van der Waals surface area contributed by atoms with Crippen LogP contribution in [-0.4, -0.2) is 19.6 Å². The highest BCUT2D eigenvalue weighted by Crippen LogP contribution is 2.37. The molecule has 1 saturated carbocycles. The zero-order chi connectivity index (χ0) is 13.7. The number of aliphatic imine (C=N–C) groups is 1. The van der Waals surface area contributed by atoms with Gasteiger partial charge in [0, 0.05) is 18.3 Å². The van der Waals surface area contributed by atoms with Crippen LogP contribution in [0.4, 0.5) is 5.69 Å². The molecule has 1 aliphatic rings. The molecule has 0 atom stereocenters. The van der Waals surface area contributed by atoms with Crippen molar-refractivity contribution in [2.75, 3.05) is 19.0 Å². The third kappa shape index (κ3) is 4.85. The fourth-order valence-electron chi connectivity index (χ4n) is 2.55. The van der Waals surface area contributed by atoms with Gasteiger partial charge in [0.15, 0.2) is 5.96 Å². The van der Waals surface area contributed by atoms with Crippen LogP contribution in [0.1, 0.15) is 32.6 Å². The van der Waals surface area contributed by atoms with Crippen molar-refractivity contribution >= 4 is 35.6 Å². The second-order valence-corrected chi connectivity index (χ2v) is 5.58. The van der Waals surface area contributed by atoms with Crippen LogP contribution < -0.4 is 15.8 Å². The molecule has 3 N–H and O–H groups in total. The number of halogens is 1. The second-order valence-electron chi connectivity index (χ2n) is 5.58. The largest absolute Gasteiger partial charge is 0.497 e. The number of nitrogens with zero attached hydrogens (tertiary/aromatic N) is 1. The molecule has 1 aromatic carbocycles. The van der Waals surface area contributed by atoms with Crippen molar-refractivity contribution in [3.05, 3.63) is 24.3 Å². The molecular weight excluding hydrogens is 365 g/mol. The lowest BCUT2D eigenvalue weighted by molar-refractivity contribution is 0.351. The molecular formula is C15H24IN3O. The van der Waals surface area contributed by atoms with Crippen LogP contribution in [0, 0.1) is 5.41 Å². The quantitative estimate of drug-likeness (QED) is 0.470. The van der Waals surface area contributed by atoms with Gasteiger partial charge in [-0.1, -0.05) is 25.8 Å². The monoisotopic (exact) mass is 389 g/mol. The molecule has 5 heteroatoms. The van der Waals surface area contributed by atoms with E-state index in [1.165, 1.54) is 25.7 Å². The van der Waals surface area contributed by atoms with Crippen molar-refractivity contribution in [3.63, 3.8) is 0 Å². The third-order valence-corrected chi connectivity index (χ3v) is 3.78. The molecule has 0 bridgehead atoms. The molecule has 0 saturated heterocycles. The van der Waals surface area contributed by atoms with E-state index in [9.17, 15) is 0 Å².